The third-order valence-electron chi connectivity index (χ3n) is 1.52. The zero-order chi connectivity index (χ0) is 9.90. The van der Waals surface area contributed by atoms with E-state index < -0.39 is 19.1 Å². The van der Waals surface area contributed by atoms with Gasteiger partial charge in [0.1, 0.15) is 5.82 Å². The van der Waals surface area contributed by atoms with Gasteiger partial charge in [-0.2, -0.15) is 0 Å². The molecule has 0 N–H and O–H groups in total. The first-order valence-corrected chi connectivity index (χ1v) is 3.79. The number of nitrogens with zero attached hydrogens (tertiary/aromatic N) is 1. The van der Waals surface area contributed by atoms with Crippen LogP contribution in [-0.4, -0.2) is 12.0 Å². The van der Waals surface area contributed by atoms with E-state index in [0.717, 1.165) is 12.3 Å². The molecular weight excluding hydrogens is 185 g/mol. The molecule has 0 aliphatic carbocycles. The average Bonchev–Trinajstić information content (AvgIpc) is 2.02. The Hall–Kier alpha value is -1.07. The highest BCUT2D eigenvalue weighted by atomic mass is 19.4. The van der Waals surface area contributed by atoms with Crippen molar-refractivity contribution < 1.29 is 17.3 Å². The Morgan fingerprint density at radius 3 is 2.38 bits per heavy atom. The van der Waals surface area contributed by atoms with Gasteiger partial charge in [0.2, 0.25) is 0 Å². The number of aromatic nitrogens is 1. The van der Waals surface area contributed by atoms with Crippen molar-refractivity contribution in [2.45, 2.75) is 12.7 Å². The first kappa shape index (κ1) is 10.0. The molecule has 1 nitrogen and oxygen atoms in total. The summed E-state index contributed by atoms with van der Waals surface area (Å²) < 4.78 is 47.6. The summed E-state index contributed by atoms with van der Waals surface area (Å²) in [4.78, 5) is 3.52. The average molecular weight is 192 g/mol. The van der Waals surface area contributed by atoms with Gasteiger partial charge < -0.3 is 12.9 Å². The van der Waals surface area contributed by atoms with Crippen LogP contribution in [0, 0.1) is 5.82 Å². The third-order valence-corrected chi connectivity index (χ3v) is 1.52. The zero-order valence-corrected chi connectivity index (χ0v) is 6.68. The van der Waals surface area contributed by atoms with E-state index >= 15 is 0 Å². The molecule has 0 aliphatic rings. The van der Waals surface area contributed by atoms with Crippen LogP contribution in [0.1, 0.15) is 5.69 Å². The second-order valence-corrected chi connectivity index (χ2v) is 2.72. The van der Waals surface area contributed by atoms with Gasteiger partial charge >= 0.3 is 6.98 Å². The molecule has 1 aromatic rings. The van der Waals surface area contributed by atoms with Crippen molar-refractivity contribution in [2.75, 3.05) is 0 Å². The maximum atomic E-state index is 12.3. The summed E-state index contributed by atoms with van der Waals surface area (Å²) in [5, 5.41) is 0. The molecule has 13 heavy (non-hydrogen) atoms. The molecule has 1 aromatic heterocycles. The van der Waals surface area contributed by atoms with E-state index in [1.807, 2.05) is 0 Å². The first-order chi connectivity index (χ1) is 5.97. The molecule has 1 heterocycles. The lowest BCUT2D eigenvalue weighted by atomic mass is 9.83. The normalized spacial score (nSPS) is 11.7. The van der Waals surface area contributed by atoms with Crippen molar-refractivity contribution in [3.05, 3.63) is 29.8 Å². The van der Waals surface area contributed by atoms with Crippen LogP contribution in [0.15, 0.2) is 18.3 Å². The van der Waals surface area contributed by atoms with Crippen molar-refractivity contribution >= 4 is 6.98 Å². The fourth-order valence-electron chi connectivity index (χ4n) is 0.866. The highest BCUT2D eigenvalue weighted by molar-refractivity contribution is 6.58. The molecule has 0 unspecified atom stereocenters. The van der Waals surface area contributed by atoms with Gasteiger partial charge in [-0.05, 0) is 18.6 Å². The molecule has 0 bridgehead atoms. The second kappa shape index (κ2) is 3.76. The maximum absolute atomic E-state index is 12.3. The molecular formula is C7H7BF4N-. The van der Waals surface area contributed by atoms with Crippen molar-refractivity contribution in [3.63, 3.8) is 0 Å². The van der Waals surface area contributed by atoms with E-state index in [4.69, 9.17) is 0 Å². The van der Waals surface area contributed by atoms with Crippen molar-refractivity contribution in [2.24, 2.45) is 0 Å². The summed E-state index contributed by atoms with van der Waals surface area (Å²) in [6.45, 7) is -4.77. The summed E-state index contributed by atoms with van der Waals surface area (Å²) in [7, 11) is 0. The standard InChI is InChI=1S/C7H7BF4N/c9-6-1-2-7(13-5-6)3-4-8(10,11)12/h1-2,5H,3-4H2/q-1. The SMILES string of the molecule is Fc1ccc(CC[B-](F)(F)F)nc1. The van der Waals surface area contributed by atoms with Crippen LogP contribution in [0.25, 0.3) is 0 Å². The zero-order valence-electron chi connectivity index (χ0n) is 6.68. The molecule has 0 saturated carbocycles. The van der Waals surface area contributed by atoms with Crippen LogP contribution >= 0.6 is 0 Å². The molecule has 0 aromatic carbocycles. The molecule has 0 atom stereocenters. The number of rotatable bonds is 3. The fraction of sp³-hybridized carbons (Fsp3) is 0.286. The van der Waals surface area contributed by atoms with Crippen molar-refractivity contribution in [3.8, 4) is 0 Å². The van der Waals surface area contributed by atoms with Gasteiger partial charge in [0, 0.05) is 5.69 Å². The van der Waals surface area contributed by atoms with Gasteiger partial charge in [-0.25, -0.2) is 4.39 Å². The molecule has 0 amide bonds. The summed E-state index contributed by atoms with van der Waals surface area (Å²) in [5.74, 6) is -0.540. The first-order valence-electron chi connectivity index (χ1n) is 3.79. The minimum Gasteiger partial charge on any atom is -0.449 e. The molecule has 6 heteroatoms. The Morgan fingerprint density at radius 2 is 1.92 bits per heavy atom. The molecule has 0 saturated heterocycles. The second-order valence-electron chi connectivity index (χ2n) is 2.72. The van der Waals surface area contributed by atoms with E-state index in [1.54, 1.807) is 0 Å². The number of pyridine rings is 1. The monoisotopic (exact) mass is 192 g/mol. The van der Waals surface area contributed by atoms with Crippen molar-refractivity contribution in [1.29, 1.82) is 0 Å². The van der Waals surface area contributed by atoms with Crippen LogP contribution in [-0.2, 0) is 6.42 Å². The van der Waals surface area contributed by atoms with E-state index in [0.29, 0.717) is 0 Å². The van der Waals surface area contributed by atoms with Gasteiger partial charge in [-0.3, -0.25) is 4.98 Å². The molecule has 0 radical (unpaired) electrons. The van der Waals surface area contributed by atoms with Gasteiger partial charge in [0.25, 0.3) is 0 Å². The Balaban J connectivity index is 2.51. The minimum atomic E-state index is -4.77. The van der Waals surface area contributed by atoms with Crippen LogP contribution in [0.2, 0.25) is 6.32 Å². The predicted octanol–water partition coefficient (Wildman–Crippen LogP) is 2.61. The molecule has 0 aliphatic heterocycles. The summed E-state index contributed by atoms with van der Waals surface area (Å²) in [6, 6.07) is 2.36. The predicted molar refractivity (Wildman–Crippen MR) is 41.8 cm³/mol. The Labute approximate surface area is 72.8 Å². The summed E-state index contributed by atoms with van der Waals surface area (Å²) in [6.07, 6.45) is -0.124. The van der Waals surface area contributed by atoms with Gasteiger partial charge in [-0.15, -0.1) is 0 Å². The van der Waals surface area contributed by atoms with Crippen LogP contribution < -0.4 is 0 Å². The Bertz CT molecular complexity index is 269. The van der Waals surface area contributed by atoms with Gasteiger partial charge in [0.15, 0.2) is 0 Å². The van der Waals surface area contributed by atoms with E-state index in [2.05, 4.69) is 4.98 Å². The molecule has 0 spiro atoms. The number of hydrogen-bond donors (Lipinski definition) is 0. The van der Waals surface area contributed by atoms with Crippen molar-refractivity contribution in [1.82, 2.24) is 4.98 Å². The fourth-order valence-corrected chi connectivity index (χ4v) is 0.866. The smallest absolute Gasteiger partial charge is 0.449 e. The Kier molecular flexibility index (Phi) is 2.90. The highest BCUT2D eigenvalue weighted by Crippen LogP contribution is 2.17. The van der Waals surface area contributed by atoms with Crippen LogP contribution in [0.3, 0.4) is 0 Å². The third kappa shape index (κ3) is 3.91. The molecule has 0 fully saturated rings. The van der Waals surface area contributed by atoms with E-state index in [9.17, 15) is 17.3 Å². The number of halogens is 4. The lowest BCUT2D eigenvalue weighted by molar-refractivity contribution is 0.467. The van der Waals surface area contributed by atoms with Crippen LogP contribution in [0.5, 0.6) is 0 Å². The molecule has 72 valence electrons. The largest absolute Gasteiger partial charge is 0.478 e. The maximum Gasteiger partial charge on any atom is 0.478 e. The number of aryl methyl sites for hydroxylation is 1. The topological polar surface area (TPSA) is 12.9 Å². The number of hydrogen-bond acceptors (Lipinski definition) is 1. The minimum absolute atomic E-state index is 0.177. The lowest BCUT2D eigenvalue weighted by Gasteiger charge is -2.11. The van der Waals surface area contributed by atoms with E-state index in [-0.39, 0.29) is 12.1 Å². The summed E-state index contributed by atoms with van der Waals surface area (Å²) in [5.41, 5.74) is 0.264. The highest BCUT2D eigenvalue weighted by Gasteiger charge is 2.22. The van der Waals surface area contributed by atoms with Gasteiger partial charge in [0.05, 0.1) is 6.20 Å². The lowest BCUT2D eigenvalue weighted by Crippen LogP contribution is -2.15. The van der Waals surface area contributed by atoms with Crippen LogP contribution in [0.4, 0.5) is 17.3 Å². The van der Waals surface area contributed by atoms with Gasteiger partial charge in [-0.1, -0.05) is 6.32 Å². The summed E-state index contributed by atoms with van der Waals surface area (Å²) >= 11 is 0. The van der Waals surface area contributed by atoms with E-state index in [1.165, 1.54) is 6.07 Å². The Morgan fingerprint density at radius 1 is 1.23 bits per heavy atom. The molecule has 1 rings (SSSR count). The quantitative estimate of drug-likeness (QED) is 0.529.